The monoisotopic (exact) mass is 356 g/mol. The molecule has 2 aromatic rings. The lowest BCUT2D eigenvalue weighted by Crippen LogP contribution is -2.47. The third kappa shape index (κ3) is 3.77. The van der Waals surface area contributed by atoms with E-state index in [1.54, 1.807) is 18.3 Å². The van der Waals surface area contributed by atoms with Crippen molar-refractivity contribution >= 4 is 11.4 Å². The molecule has 26 heavy (non-hydrogen) atoms. The van der Waals surface area contributed by atoms with Gasteiger partial charge < -0.3 is 9.64 Å². The molecular weight excluding hydrogens is 332 g/mol. The maximum absolute atomic E-state index is 11.6. The lowest BCUT2D eigenvalue weighted by atomic mass is 10.1. The highest BCUT2D eigenvalue weighted by Crippen LogP contribution is 2.38. The van der Waals surface area contributed by atoms with Gasteiger partial charge in [0.1, 0.15) is 5.69 Å². The van der Waals surface area contributed by atoms with Gasteiger partial charge in [0.15, 0.2) is 5.75 Å². The second-order valence-corrected chi connectivity index (χ2v) is 6.30. The zero-order valence-corrected chi connectivity index (χ0v) is 15.2. The maximum atomic E-state index is 11.6. The van der Waals surface area contributed by atoms with Crippen LogP contribution in [0.2, 0.25) is 0 Å². The molecule has 7 heteroatoms. The quantitative estimate of drug-likeness (QED) is 0.584. The molecule has 1 unspecified atom stereocenters. The van der Waals surface area contributed by atoms with E-state index in [1.807, 2.05) is 25.3 Å². The van der Waals surface area contributed by atoms with Crippen LogP contribution in [0.15, 0.2) is 42.7 Å². The van der Waals surface area contributed by atoms with Crippen LogP contribution in [-0.2, 0) is 0 Å². The van der Waals surface area contributed by atoms with Gasteiger partial charge in [-0.15, -0.1) is 0 Å². The van der Waals surface area contributed by atoms with Gasteiger partial charge in [-0.3, -0.25) is 20.0 Å². The minimum atomic E-state index is -0.342. The number of para-hydroxylation sites is 1. The highest BCUT2D eigenvalue weighted by atomic mass is 16.6. The molecule has 1 fully saturated rings. The van der Waals surface area contributed by atoms with E-state index in [4.69, 9.17) is 4.74 Å². The average molecular weight is 356 g/mol. The number of benzene rings is 1. The Morgan fingerprint density at radius 2 is 2.00 bits per heavy atom. The van der Waals surface area contributed by atoms with E-state index in [0.717, 1.165) is 26.2 Å². The lowest BCUT2D eigenvalue weighted by molar-refractivity contribution is -0.385. The zero-order valence-electron chi connectivity index (χ0n) is 15.2. The van der Waals surface area contributed by atoms with Crippen molar-refractivity contribution in [3.63, 3.8) is 0 Å². The second-order valence-electron chi connectivity index (χ2n) is 6.30. The predicted molar refractivity (Wildman–Crippen MR) is 101 cm³/mol. The Balaban J connectivity index is 1.74. The Hall–Kier alpha value is -2.67. The molecule has 7 nitrogen and oxygen atoms in total. The van der Waals surface area contributed by atoms with Gasteiger partial charge >= 0.3 is 5.69 Å². The first-order chi connectivity index (χ1) is 12.6. The average Bonchev–Trinajstić information content (AvgIpc) is 2.68. The Morgan fingerprint density at radius 1 is 1.23 bits per heavy atom. The van der Waals surface area contributed by atoms with Crippen molar-refractivity contribution in [1.82, 2.24) is 9.88 Å². The molecule has 0 aliphatic carbocycles. The van der Waals surface area contributed by atoms with E-state index < -0.39 is 0 Å². The van der Waals surface area contributed by atoms with Crippen LogP contribution in [0.5, 0.6) is 5.75 Å². The number of rotatable bonds is 6. The van der Waals surface area contributed by atoms with Crippen LogP contribution < -0.4 is 9.64 Å². The van der Waals surface area contributed by atoms with Crippen LogP contribution >= 0.6 is 0 Å². The van der Waals surface area contributed by atoms with Gasteiger partial charge in [0.05, 0.1) is 11.5 Å². The van der Waals surface area contributed by atoms with Crippen molar-refractivity contribution in [2.75, 3.05) is 37.7 Å². The molecule has 0 bridgehead atoms. The van der Waals surface area contributed by atoms with Crippen LogP contribution in [0.4, 0.5) is 11.4 Å². The highest BCUT2D eigenvalue weighted by molar-refractivity contribution is 5.70. The van der Waals surface area contributed by atoms with E-state index in [0.29, 0.717) is 18.0 Å². The number of ether oxygens (including phenoxy) is 1. The van der Waals surface area contributed by atoms with Gasteiger partial charge in [-0.05, 0) is 37.6 Å². The molecule has 3 rings (SSSR count). The number of hydrogen-bond acceptors (Lipinski definition) is 6. The highest BCUT2D eigenvalue weighted by Gasteiger charge is 2.28. The third-order valence-corrected chi connectivity index (χ3v) is 4.83. The van der Waals surface area contributed by atoms with Gasteiger partial charge in [0.2, 0.25) is 0 Å². The SMILES string of the molecule is CCOc1cccc(N2CCN(C(C)c3cccnc3)CC2)c1[N+](=O)[O-]. The van der Waals surface area contributed by atoms with Crippen molar-refractivity contribution in [1.29, 1.82) is 0 Å². The summed E-state index contributed by atoms with van der Waals surface area (Å²) in [6.45, 7) is 7.56. The van der Waals surface area contributed by atoms with Crippen LogP contribution in [-0.4, -0.2) is 47.6 Å². The van der Waals surface area contributed by atoms with E-state index in [-0.39, 0.29) is 16.7 Å². The van der Waals surface area contributed by atoms with E-state index in [9.17, 15) is 10.1 Å². The van der Waals surface area contributed by atoms with Crippen LogP contribution in [0, 0.1) is 10.1 Å². The molecule has 0 spiro atoms. The first kappa shape index (κ1) is 18.1. The second kappa shape index (κ2) is 8.14. The minimum absolute atomic E-state index is 0.0584. The number of pyridine rings is 1. The molecule has 0 saturated carbocycles. The summed E-state index contributed by atoms with van der Waals surface area (Å²) >= 11 is 0. The first-order valence-corrected chi connectivity index (χ1v) is 8.91. The molecule has 1 aromatic heterocycles. The molecule has 1 saturated heterocycles. The summed E-state index contributed by atoms with van der Waals surface area (Å²) in [5, 5.41) is 11.6. The summed E-state index contributed by atoms with van der Waals surface area (Å²) in [7, 11) is 0. The largest absolute Gasteiger partial charge is 0.487 e. The number of aromatic nitrogens is 1. The fraction of sp³-hybridized carbons (Fsp3) is 0.421. The van der Waals surface area contributed by atoms with Crippen LogP contribution in [0.25, 0.3) is 0 Å². The maximum Gasteiger partial charge on any atom is 0.333 e. The number of hydrogen-bond donors (Lipinski definition) is 0. The van der Waals surface area contributed by atoms with Crippen molar-refractivity contribution in [3.05, 3.63) is 58.4 Å². The fourth-order valence-corrected chi connectivity index (χ4v) is 3.41. The van der Waals surface area contributed by atoms with Gasteiger partial charge in [0, 0.05) is 44.6 Å². The molecule has 0 radical (unpaired) electrons. The Bertz CT molecular complexity index is 746. The summed E-state index contributed by atoms with van der Waals surface area (Å²) in [6, 6.07) is 9.59. The molecule has 1 aliphatic heterocycles. The normalized spacial score (nSPS) is 16.3. The number of anilines is 1. The molecule has 0 amide bonds. The fourth-order valence-electron chi connectivity index (χ4n) is 3.41. The smallest absolute Gasteiger partial charge is 0.333 e. The van der Waals surface area contributed by atoms with Crippen molar-refractivity contribution < 1.29 is 9.66 Å². The van der Waals surface area contributed by atoms with Crippen LogP contribution in [0.3, 0.4) is 0 Å². The lowest BCUT2D eigenvalue weighted by Gasteiger charge is -2.39. The Labute approximate surface area is 153 Å². The van der Waals surface area contributed by atoms with E-state index in [1.165, 1.54) is 5.56 Å². The summed E-state index contributed by atoms with van der Waals surface area (Å²) in [5.74, 6) is 0.334. The Kier molecular flexibility index (Phi) is 5.68. The molecule has 1 aliphatic rings. The molecule has 1 atom stereocenters. The standard InChI is InChI=1S/C19H24N4O3/c1-3-26-18-8-4-7-17(19(18)23(24)25)22-12-10-21(11-13-22)15(2)16-6-5-9-20-14-16/h4-9,14-15H,3,10-13H2,1-2H3. The van der Waals surface area contributed by atoms with Gasteiger partial charge in [-0.2, -0.15) is 0 Å². The molecule has 2 heterocycles. The number of nitrogens with zero attached hydrogens (tertiary/aromatic N) is 4. The number of nitro groups is 1. The summed E-state index contributed by atoms with van der Waals surface area (Å²) < 4.78 is 5.46. The summed E-state index contributed by atoms with van der Waals surface area (Å²) in [5.41, 5.74) is 1.88. The third-order valence-electron chi connectivity index (χ3n) is 4.83. The number of piperazine rings is 1. The zero-order chi connectivity index (χ0) is 18.5. The first-order valence-electron chi connectivity index (χ1n) is 8.91. The van der Waals surface area contributed by atoms with E-state index in [2.05, 4.69) is 27.8 Å². The Morgan fingerprint density at radius 3 is 2.62 bits per heavy atom. The number of nitro benzene ring substituents is 1. The minimum Gasteiger partial charge on any atom is -0.487 e. The van der Waals surface area contributed by atoms with Crippen molar-refractivity contribution in [3.8, 4) is 5.75 Å². The predicted octanol–water partition coefficient (Wildman–Crippen LogP) is 3.27. The van der Waals surface area contributed by atoms with Gasteiger partial charge in [0.25, 0.3) is 0 Å². The van der Waals surface area contributed by atoms with Crippen molar-refractivity contribution in [2.45, 2.75) is 19.9 Å². The van der Waals surface area contributed by atoms with Gasteiger partial charge in [-0.1, -0.05) is 12.1 Å². The van der Waals surface area contributed by atoms with Crippen molar-refractivity contribution in [2.24, 2.45) is 0 Å². The van der Waals surface area contributed by atoms with E-state index >= 15 is 0 Å². The topological polar surface area (TPSA) is 71.7 Å². The molecule has 138 valence electrons. The molecular formula is C19H24N4O3. The van der Waals surface area contributed by atoms with Gasteiger partial charge in [-0.25, -0.2) is 0 Å². The van der Waals surface area contributed by atoms with Crippen LogP contribution in [0.1, 0.15) is 25.5 Å². The molecule has 0 N–H and O–H groups in total. The summed E-state index contributed by atoms with van der Waals surface area (Å²) in [6.07, 6.45) is 3.67. The summed E-state index contributed by atoms with van der Waals surface area (Å²) in [4.78, 5) is 19.9. The molecule has 1 aromatic carbocycles.